The number of carbonyl (C=O) groups excluding carboxylic acids is 2. The first-order chi connectivity index (χ1) is 10.1. The van der Waals surface area contributed by atoms with Crippen molar-refractivity contribution in [3.05, 3.63) is 30.3 Å². The van der Waals surface area contributed by atoms with Gasteiger partial charge in [-0.2, -0.15) is 13.5 Å². The van der Waals surface area contributed by atoms with Crippen molar-refractivity contribution in [2.24, 2.45) is 11.0 Å². The first kappa shape index (κ1) is 16.3. The smallest absolute Gasteiger partial charge is 0.278 e. The fourth-order valence-corrected chi connectivity index (χ4v) is 3.42. The van der Waals surface area contributed by atoms with Gasteiger partial charge >= 0.3 is 0 Å². The third-order valence-electron chi connectivity index (χ3n) is 3.92. The Morgan fingerprint density at radius 2 is 1.86 bits per heavy atom. The SMILES string of the molecule is CC(=O)C(C)(C1C(=O)N(c2ccccc2)N=C1C)S(=O)(=O)O. The average Bonchev–Trinajstić information content (AvgIpc) is 2.73. The lowest BCUT2D eigenvalue weighted by atomic mass is 9.86. The maximum absolute atomic E-state index is 12.6. The van der Waals surface area contributed by atoms with Crippen LogP contribution in [0.5, 0.6) is 0 Å². The largest absolute Gasteiger partial charge is 0.298 e. The Kier molecular flexibility index (Phi) is 3.92. The Morgan fingerprint density at radius 3 is 2.32 bits per heavy atom. The van der Waals surface area contributed by atoms with Crippen LogP contribution in [0.25, 0.3) is 0 Å². The Morgan fingerprint density at radius 1 is 1.32 bits per heavy atom. The summed E-state index contributed by atoms with van der Waals surface area (Å²) in [6.45, 7) is 3.53. The maximum atomic E-state index is 12.6. The molecule has 1 aliphatic heterocycles. The zero-order valence-corrected chi connectivity index (χ0v) is 13.2. The molecule has 1 aliphatic rings. The second kappa shape index (κ2) is 5.29. The predicted octanol–water partition coefficient (Wildman–Crippen LogP) is 1.26. The van der Waals surface area contributed by atoms with E-state index in [1.165, 1.54) is 6.92 Å². The molecule has 2 atom stereocenters. The van der Waals surface area contributed by atoms with Gasteiger partial charge in [0.25, 0.3) is 16.0 Å². The fourth-order valence-electron chi connectivity index (χ4n) is 2.49. The molecule has 1 N–H and O–H groups in total. The van der Waals surface area contributed by atoms with Gasteiger partial charge in [-0.15, -0.1) is 0 Å². The highest BCUT2D eigenvalue weighted by atomic mass is 32.2. The third kappa shape index (κ3) is 2.34. The molecular weight excluding hydrogens is 308 g/mol. The highest BCUT2D eigenvalue weighted by Gasteiger charge is 2.57. The molecule has 0 saturated heterocycles. The molecule has 2 rings (SSSR count). The summed E-state index contributed by atoms with van der Waals surface area (Å²) in [6.07, 6.45) is 0. The number of amides is 1. The second-order valence-electron chi connectivity index (χ2n) is 5.30. The molecule has 7 nitrogen and oxygen atoms in total. The van der Waals surface area contributed by atoms with Crippen molar-refractivity contribution in [2.75, 3.05) is 5.01 Å². The van der Waals surface area contributed by atoms with Gasteiger partial charge in [0.05, 0.1) is 11.4 Å². The maximum Gasteiger partial charge on any atom is 0.278 e. The Balaban J connectivity index is 2.53. The minimum absolute atomic E-state index is 0.157. The summed E-state index contributed by atoms with van der Waals surface area (Å²) >= 11 is 0. The van der Waals surface area contributed by atoms with Gasteiger partial charge in [-0.3, -0.25) is 14.1 Å². The molecule has 1 heterocycles. The van der Waals surface area contributed by atoms with Gasteiger partial charge < -0.3 is 0 Å². The van der Waals surface area contributed by atoms with E-state index in [1.54, 1.807) is 30.3 Å². The summed E-state index contributed by atoms with van der Waals surface area (Å²) in [5.41, 5.74) is 0.611. The number of ketones is 1. The van der Waals surface area contributed by atoms with Crippen LogP contribution in [0.1, 0.15) is 20.8 Å². The van der Waals surface area contributed by atoms with Crippen molar-refractivity contribution in [3.63, 3.8) is 0 Å². The van der Waals surface area contributed by atoms with Gasteiger partial charge in [0.1, 0.15) is 5.92 Å². The summed E-state index contributed by atoms with van der Waals surface area (Å²) < 4.78 is 30.7. The molecule has 2 unspecified atom stereocenters. The Labute approximate surface area is 128 Å². The van der Waals surface area contributed by atoms with Crippen molar-refractivity contribution in [2.45, 2.75) is 25.5 Å². The molecule has 0 radical (unpaired) electrons. The minimum Gasteiger partial charge on any atom is -0.298 e. The lowest BCUT2D eigenvalue weighted by molar-refractivity contribution is -0.126. The highest BCUT2D eigenvalue weighted by Crippen LogP contribution is 2.35. The summed E-state index contributed by atoms with van der Waals surface area (Å²) in [5, 5.41) is 5.10. The van der Waals surface area contributed by atoms with E-state index in [2.05, 4.69) is 5.10 Å². The summed E-state index contributed by atoms with van der Waals surface area (Å²) in [7, 11) is -4.80. The molecule has 0 fully saturated rings. The topological polar surface area (TPSA) is 104 Å². The number of Topliss-reactive ketones (excluding diaryl/α,β-unsaturated/α-hetero) is 1. The van der Waals surface area contributed by atoms with Gasteiger partial charge in [0.2, 0.25) is 0 Å². The summed E-state index contributed by atoms with van der Waals surface area (Å²) in [6, 6.07) is 8.43. The van der Waals surface area contributed by atoms with E-state index in [0.717, 1.165) is 18.9 Å². The number of hydrazone groups is 1. The molecule has 1 amide bonds. The first-order valence-electron chi connectivity index (χ1n) is 6.53. The molecule has 0 saturated carbocycles. The number of hydrogen-bond acceptors (Lipinski definition) is 5. The minimum atomic E-state index is -4.80. The van der Waals surface area contributed by atoms with Gasteiger partial charge in [-0.1, -0.05) is 18.2 Å². The number of anilines is 1. The van der Waals surface area contributed by atoms with E-state index in [9.17, 15) is 22.6 Å². The van der Waals surface area contributed by atoms with E-state index >= 15 is 0 Å². The van der Waals surface area contributed by atoms with Crippen LogP contribution >= 0.6 is 0 Å². The van der Waals surface area contributed by atoms with Crippen LogP contribution in [0.3, 0.4) is 0 Å². The van der Waals surface area contributed by atoms with E-state index in [4.69, 9.17) is 0 Å². The number of hydrogen-bond donors (Lipinski definition) is 1. The zero-order valence-electron chi connectivity index (χ0n) is 12.3. The van der Waals surface area contributed by atoms with Crippen molar-refractivity contribution in [3.8, 4) is 0 Å². The van der Waals surface area contributed by atoms with Crippen molar-refractivity contribution >= 4 is 33.2 Å². The molecule has 1 aromatic rings. The van der Waals surface area contributed by atoms with E-state index in [-0.39, 0.29) is 5.71 Å². The third-order valence-corrected chi connectivity index (χ3v) is 5.51. The van der Waals surface area contributed by atoms with E-state index in [1.807, 2.05) is 0 Å². The summed E-state index contributed by atoms with van der Waals surface area (Å²) in [4.78, 5) is 24.5. The van der Waals surface area contributed by atoms with Crippen molar-refractivity contribution in [1.29, 1.82) is 0 Å². The second-order valence-corrected chi connectivity index (χ2v) is 7.10. The highest BCUT2D eigenvalue weighted by molar-refractivity contribution is 7.88. The first-order valence-corrected chi connectivity index (χ1v) is 7.97. The lowest BCUT2D eigenvalue weighted by Gasteiger charge is -2.28. The quantitative estimate of drug-likeness (QED) is 0.840. The van der Waals surface area contributed by atoms with E-state index < -0.39 is 32.5 Å². The molecule has 0 spiro atoms. The van der Waals surface area contributed by atoms with Crippen LogP contribution in [0.2, 0.25) is 0 Å². The lowest BCUT2D eigenvalue weighted by Crippen LogP contribution is -2.54. The Bertz CT molecular complexity index is 757. The molecular formula is C14H16N2O5S. The number of carbonyl (C=O) groups is 2. The predicted molar refractivity (Wildman–Crippen MR) is 81.2 cm³/mol. The van der Waals surface area contributed by atoms with Gasteiger partial charge in [0.15, 0.2) is 10.5 Å². The molecule has 22 heavy (non-hydrogen) atoms. The normalized spacial score (nSPS) is 21.5. The monoisotopic (exact) mass is 324 g/mol. The summed E-state index contributed by atoms with van der Waals surface area (Å²) in [5.74, 6) is -2.85. The van der Waals surface area contributed by atoms with Crippen LogP contribution in [0, 0.1) is 5.92 Å². The van der Waals surface area contributed by atoms with Crippen LogP contribution < -0.4 is 5.01 Å². The van der Waals surface area contributed by atoms with Crippen molar-refractivity contribution < 1.29 is 22.6 Å². The standard InChI is InChI=1S/C14H16N2O5S/c1-9-12(14(3,10(2)17)22(19,20)21)13(18)16(15-9)11-7-5-4-6-8-11/h4-8,12H,1-3H3,(H,19,20,21). The average molecular weight is 324 g/mol. The molecule has 118 valence electrons. The molecule has 0 bridgehead atoms. The van der Waals surface area contributed by atoms with E-state index in [0.29, 0.717) is 5.69 Å². The van der Waals surface area contributed by atoms with Crippen LogP contribution in [0.15, 0.2) is 35.4 Å². The number of benzene rings is 1. The number of rotatable bonds is 4. The van der Waals surface area contributed by atoms with Gasteiger partial charge in [0, 0.05) is 0 Å². The van der Waals surface area contributed by atoms with Crippen LogP contribution in [-0.2, 0) is 19.7 Å². The van der Waals surface area contributed by atoms with Gasteiger partial charge in [-0.05, 0) is 32.9 Å². The molecule has 8 heteroatoms. The number of nitrogens with zero attached hydrogens (tertiary/aromatic N) is 2. The Hall–Kier alpha value is -2.06. The fraction of sp³-hybridized carbons (Fsp3) is 0.357. The molecule has 0 aromatic heterocycles. The molecule has 1 aromatic carbocycles. The van der Waals surface area contributed by atoms with Gasteiger partial charge in [-0.25, -0.2) is 5.01 Å². The molecule has 0 aliphatic carbocycles. The number of para-hydroxylation sites is 1. The van der Waals surface area contributed by atoms with Crippen LogP contribution in [0.4, 0.5) is 5.69 Å². The van der Waals surface area contributed by atoms with Crippen LogP contribution in [-0.4, -0.2) is 35.1 Å². The zero-order chi connectivity index (χ0) is 16.7. The van der Waals surface area contributed by atoms with Crippen molar-refractivity contribution in [1.82, 2.24) is 0 Å².